The van der Waals surface area contributed by atoms with Gasteiger partial charge in [-0.2, -0.15) is 0 Å². The molecule has 3 N–H and O–H groups in total. The standard InChI is InChI=1S/C23H34O4.C21H34O2.2CH4/c1-14(2)16-11-23-9-6-18-21(3,7-5-8-22(18,4)20(25)26)19(23)10-15(16)17(12-23)27-13-24;1-13(2)15-11-21-9-6-17-19(3,7-5-8-20(17,4)23)18(21)10-14(15)16(22)12-21;;/h11,13-15,17-19H,5-10,12H2,1-4H3,(H,25,26);11,13-14,16-18,22-23H,5-10,12H2,1-4H3;2*1H4. The van der Waals surface area contributed by atoms with Gasteiger partial charge in [0, 0.05) is 11.8 Å². The summed E-state index contributed by atoms with van der Waals surface area (Å²) in [6.45, 7) is 18.6. The molecular weight excluding hydrogens is 649 g/mol. The van der Waals surface area contributed by atoms with Gasteiger partial charge in [0.15, 0.2) is 0 Å². The molecule has 0 amide bonds. The van der Waals surface area contributed by atoms with Gasteiger partial charge in [0.05, 0.1) is 17.1 Å². The molecule has 52 heavy (non-hydrogen) atoms. The van der Waals surface area contributed by atoms with Crippen molar-refractivity contribution in [2.24, 2.45) is 74.4 Å². The summed E-state index contributed by atoms with van der Waals surface area (Å²) in [5, 5.41) is 31.8. The summed E-state index contributed by atoms with van der Waals surface area (Å²) in [6.07, 6.45) is 19.7. The van der Waals surface area contributed by atoms with Gasteiger partial charge in [-0.15, -0.1) is 0 Å². The molecule has 10 rings (SSSR count). The van der Waals surface area contributed by atoms with Gasteiger partial charge in [0.2, 0.25) is 0 Å². The van der Waals surface area contributed by atoms with E-state index in [1.165, 1.54) is 17.6 Å². The lowest BCUT2D eigenvalue weighted by Crippen LogP contribution is -2.62. The van der Waals surface area contributed by atoms with Crippen molar-refractivity contribution in [3.8, 4) is 0 Å². The molecule has 6 fully saturated rings. The second-order valence-electron chi connectivity index (χ2n) is 20.6. The van der Waals surface area contributed by atoms with E-state index in [1.54, 1.807) is 0 Å². The highest BCUT2D eigenvalue weighted by Gasteiger charge is 2.67. The molecule has 10 aliphatic rings. The summed E-state index contributed by atoms with van der Waals surface area (Å²) < 4.78 is 5.57. The number of carbonyl (C=O) groups excluding carboxylic acids is 1. The second kappa shape index (κ2) is 13.8. The fourth-order valence-electron chi connectivity index (χ4n) is 15.5. The predicted molar refractivity (Wildman–Crippen MR) is 209 cm³/mol. The molecule has 6 nitrogen and oxygen atoms in total. The Balaban J connectivity index is 0.000000196. The van der Waals surface area contributed by atoms with Crippen molar-refractivity contribution in [1.29, 1.82) is 0 Å². The van der Waals surface area contributed by atoms with Gasteiger partial charge in [0.1, 0.15) is 6.10 Å². The summed E-state index contributed by atoms with van der Waals surface area (Å²) >= 11 is 0. The van der Waals surface area contributed by atoms with Crippen molar-refractivity contribution in [2.45, 2.75) is 178 Å². The van der Waals surface area contributed by atoms with E-state index in [-0.39, 0.29) is 54.6 Å². The number of carboxylic acids is 1. The summed E-state index contributed by atoms with van der Waals surface area (Å²) in [7, 11) is 0. The van der Waals surface area contributed by atoms with E-state index in [1.807, 2.05) is 6.92 Å². The van der Waals surface area contributed by atoms with Gasteiger partial charge >= 0.3 is 5.97 Å². The predicted octanol–water partition coefficient (Wildman–Crippen LogP) is 10.4. The number of ether oxygens (including phenoxy) is 1. The molecular formula is C46H76O6. The molecule has 0 heterocycles. The number of carboxylic acid groups (broad SMARTS) is 1. The third-order valence-electron chi connectivity index (χ3n) is 17.6. The molecule has 0 aromatic rings. The first-order valence-electron chi connectivity index (χ1n) is 20.6. The molecule has 296 valence electrons. The number of allylic oxidation sites excluding steroid dienone is 2. The molecule has 0 aliphatic heterocycles. The fourth-order valence-corrected chi connectivity index (χ4v) is 15.5. The van der Waals surface area contributed by atoms with Crippen LogP contribution in [0, 0.1) is 74.4 Å². The lowest BCUT2D eigenvalue weighted by atomic mass is 9.37. The van der Waals surface area contributed by atoms with E-state index in [0.717, 1.165) is 83.5 Å². The minimum absolute atomic E-state index is 0. The molecule has 2 spiro atoms. The van der Waals surface area contributed by atoms with Crippen molar-refractivity contribution in [2.75, 3.05) is 0 Å². The topological polar surface area (TPSA) is 104 Å². The van der Waals surface area contributed by atoms with Crippen LogP contribution in [-0.2, 0) is 14.3 Å². The Hall–Kier alpha value is -1.66. The highest BCUT2D eigenvalue weighted by Crippen LogP contribution is 2.72. The maximum atomic E-state index is 12.2. The Morgan fingerprint density at radius 2 is 1.25 bits per heavy atom. The number of hydrogen-bond donors (Lipinski definition) is 3. The van der Waals surface area contributed by atoms with Crippen LogP contribution in [0.4, 0.5) is 0 Å². The number of aliphatic hydroxyl groups excluding tert-OH is 1. The molecule has 6 saturated carbocycles. The van der Waals surface area contributed by atoms with E-state index in [4.69, 9.17) is 4.74 Å². The van der Waals surface area contributed by atoms with Crippen molar-refractivity contribution >= 4 is 12.4 Å². The van der Waals surface area contributed by atoms with Crippen LogP contribution in [-0.4, -0.2) is 45.6 Å². The van der Waals surface area contributed by atoms with Gasteiger partial charge < -0.3 is 20.1 Å². The molecule has 6 heteroatoms. The van der Waals surface area contributed by atoms with E-state index in [0.29, 0.717) is 47.9 Å². The van der Waals surface area contributed by atoms with Gasteiger partial charge in [-0.1, -0.05) is 92.5 Å². The highest BCUT2D eigenvalue weighted by atomic mass is 16.5. The molecule has 14 unspecified atom stereocenters. The molecule has 0 saturated heterocycles. The van der Waals surface area contributed by atoms with Crippen LogP contribution >= 0.6 is 0 Å². The van der Waals surface area contributed by atoms with Crippen LogP contribution in [0.15, 0.2) is 23.3 Å². The minimum Gasteiger partial charge on any atom is -0.481 e. The molecule has 0 aromatic carbocycles. The molecule has 0 radical (unpaired) electrons. The number of fused-ring (bicyclic) bond motifs is 4. The molecule has 10 aliphatic carbocycles. The van der Waals surface area contributed by atoms with Gasteiger partial charge in [-0.3, -0.25) is 9.59 Å². The summed E-state index contributed by atoms with van der Waals surface area (Å²) in [6, 6.07) is 0. The Labute approximate surface area is 317 Å². The monoisotopic (exact) mass is 725 g/mol. The Morgan fingerprint density at radius 3 is 1.81 bits per heavy atom. The zero-order valence-corrected chi connectivity index (χ0v) is 32.5. The zero-order chi connectivity index (χ0) is 36.2. The lowest BCUT2D eigenvalue weighted by molar-refractivity contribution is -0.193. The van der Waals surface area contributed by atoms with Crippen LogP contribution in [0.25, 0.3) is 0 Å². The van der Waals surface area contributed by atoms with Crippen molar-refractivity contribution in [3.05, 3.63) is 23.3 Å². The van der Waals surface area contributed by atoms with Crippen LogP contribution in [0.1, 0.15) is 160 Å². The minimum atomic E-state index is -0.615. The van der Waals surface area contributed by atoms with Crippen molar-refractivity contribution in [1.82, 2.24) is 0 Å². The van der Waals surface area contributed by atoms with E-state index in [2.05, 4.69) is 60.6 Å². The van der Waals surface area contributed by atoms with E-state index in [9.17, 15) is 24.9 Å². The number of hydrogen-bond acceptors (Lipinski definition) is 5. The Kier molecular flexibility index (Phi) is 11.0. The van der Waals surface area contributed by atoms with E-state index < -0.39 is 17.0 Å². The molecule has 4 bridgehead atoms. The second-order valence-corrected chi connectivity index (χ2v) is 20.6. The normalized spacial score (nSPS) is 49.6. The van der Waals surface area contributed by atoms with Crippen molar-refractivity contribution < 1.29 is 29.6 Å². The van der Waals surface area contributed by atoms with Crippen LogP contribution in [0.2, 0.25) is 0 Å². The third-order valence-corrected chi connectivity index (χ3v) is 17.6. The Bertz CT molecular complexity index is 1430. The van der Waals surface area contributed by atoms with Gasteiger partial charge in [0.25, 0.3) is 6.47 Å². The number of carbonyl (C=O) groups is 2. The van der Waals surface area contributed by atoms with E-state index >= 15 is 0 Å². The van der Waals surface area contributed by atoms with Crippen LogP contribution in [0.3, 0.4) is 0 Å². The first-order valence-corrected chi connectivity index (χ1v) is 20.6. The summed E-state index contributed by atoms with van der Waals surface area (Å²) in [4.78, 5) is 23.3. The van der Waals surface area contributed by atoms with Gasteiger partial charge in [-0.25, -0.2) is 0 Å². The zero-order valence-electron chi connectivity index (χ0n) is 32.5. The number of aliphatic hydroxyl groups is 2. The third kappa shape index (κ3) is 5.91. The van der Waals surface area contributed by atoms with Crippen LogP contribution < -0.4 is 0 Å². The number of rotatable bonds is 5. The molecule has 14 atom stereocenters. The average Bonchev–Trinajstić information content (AvgIpc) is 3.03. The summed E-state index contributed by atoms with van der Waals surface area (Å²) in [5.74, 6) is 2.90. The fraction of sp³-hybridized carbons (Fsp3) is 0.870. The van der Waals surface area contributed by atoms with Gasteiger partial charge in [-0.05, 0) is 148 Å². The maximum Gasteiger partial charge on any atom is 0.309 e. The molecule has 0 aromatic heterocycles. The quantitative estimate of drug-likeness (QED) is 0.193. The maximum absolute atomic E-state index is 12.2. The van der Waals surface area contributed by atoms with Crippen LogP contribution in [0.5, 0.6) is 0 Å². The lowest BCUT2D eigenvalue weighted by Gasteiger charge is -2.67. The highest BCUT2D eigenvalue weighted by molar-refractivity contribution is 5.75. The smallest absolute Gasteiger partial charge is 0.309 e. The first-order chi connectivity index (χ1) is 23.4. The largest absolute Gasteiger partial charge is 0.481 e. The summed E-state index contributed by atoms with van der Waals surface area (Å²) in [5.41, 5.74) is 2.47. The SMILES string of the molecule is C.C.CC(C)C1=CC23CCC4C(C)(C(=O)O)CCCC4(C)C2CC1C(OC=O)C3.CC(C)C1=CC23CCC4C(C)(O)CCCC4(C)C2CC1C(O)C3. The number of aliphatic carboxylic acids is 1. The average molecular weight is 725 g/mol. The van der Waals surface area contributed by atoms with Crippen molar-refractivity contribution in [3.63, 3.8) is 0 Å². The first kappa shape index (κ1) is 41.5. The Morgan fingerprint density at radius 1 is 0.750 bits per heavy atom.